The SMILES string of the molecule is Cc1cc(C)n(-c2ccc(C(=O)Nc3ccc4ccccc4c3)cn2)n1. The van der Waals surface area contributed by atoms with Crippen LogP contribution in [0.5, 0.6) is 0 Å². The molecule has 1 N–H and O–H groups in total. The second-order valence-corrected chi connectivity index (χ2v) is 6.26. The number of carbonyl (C=O) groups excluding carboxylic acids is 1. The van der Waals surface area contributed by atoms with Crippen LogP contribution in [-0.4, -0.2) is 20.7 Å². The summed E-state index contributed by atoms with van der Waals surface area (Å²) in [5.74, 6) is 0.505. The molecule has 128 valence electrons. The average molecular weight is 342 g/mol. The first-order valence-corrected chi connectivity index (χ1v) is 8.40. The first-order chi connectivity index (χ1) is 12.6. The van der Waals surface area contributed by atoms with Crippen molar-refractivity contribution < 1.29 is 4.79 Å². The van der Waals surface area contributed by atoms with Crippen LogP contribution in [0.1, 0.15) is 21.7 Å². The summed E-state index contributed by atoms with van der Waals surface area (Å²) in [6.45, 7) is 3.91. The van der Waals surface area contributed by atoms with Gasteiger partial charge >= 0.3 is 0 Å². The first-order valence-electron chi connectivity index (χ1n) is 8.40. The fourth-order valence-electron chi connectivity index (χ4n) is 2.98. The topological polar surface area (TPSA) is 59.8 Å². The van der Waals surface area contributed by atoms with E-state index in [1.807, 2.05) is 62.4 Å². The van der Waals surface area contributed by atoms with Crippen molar-refractivity contribution >= 4 is 22.4 Å². The minimum Gasteiger partial charge on any atom is -0.322 e. The van der Waals surface area contributed by atoms with Crippen LogP contribution in [0.2, 0.25) is 0 Å². The van der Waals surface area contributed by atoms with Gasteiger partial charge in [0.15, 0.2) is 5.82 Å². The predicted molar refractivity (Wildman–Crippen MR) is 103 cm³/mol. The molecule has 2 heterocycles. The van der Waals surface area contributed by atoms with Gasteiger partial charge in [0.25, 0.3) is 5.91 Å². The molecule has 4 rings (SSSR count). The maximum atomic E-state index is 12.5. The molecule has 2 aromatic heterocycles. The van der Waals surface area contributed by atoms with Crippen molar-refractivity contribution in [1.29, 1.82) is 0 Å². The third kappa shape index (κ3) is 3.07. The summed E-state index contributed by atoms with van der Waals surface area (Å²) in [7, 11) is 0. The Morgan fingerprint density at radius 2 is 1.77 bits per heavy atom. The highest BCUT2D eigenvalue weighted by molar-refractivity contribution is 6.05. The Kier molecular flexibility index (Phi) is 3.97. The van der Waals surface area contributed by atoms with Crippen molar-refractivity contribution in [3.05, 3.63) is 83.8 Å². The van der Waals surface area contributed by atoms with E-state index in [1.54, 1.807) is 23.0 Å². The van der Waals surface area contributed by atoms with E-state index in [4.69, 9.17) is 0 Å². The van der Waals surface area contributed by atoms with Gasteiger partial charge in [0.05, 0.1) is 11.3 Å². The smallest absolute Gasteiger partial charge is 0.257 e. The predicted octanol–water partition coefficient (Wildman–Crippen LogP) is 4.29. The molecule has 0 aliphatic rings. The fraction of sp³-hybridized carbons (Fsp3) is 0.0952. The summed E-state index contributed by atoms with van der Waals surface area (Å²) in [5.41, 5.74) is 3.20. The van der Waals surface area contributed by atoms with E-state index in [-0.39, 0.29) is 5.91 Å². The molecule has 0 spiro atoms. The second-order valence-electron chi connectivity index (χ2n) is 6.26. The molecular formula is C21H18N4O. The molecule has 2 aromatic carbocycles. The van der Waals surface area contributed by atoms with Gasteiger partial charge < -0.3 is 5.32 Å². The molecule has 0 saturated heterocycles. The van der Waals surface area contributed by atoms with Crippen molar-refractivity contribution in [1.82, 2.24) is 14.8 Å². The van der Waals surface area contributed by atoms with Crippen LogP contribution >= 0.6 is 0 Å². The summed E-state index contributed by atoms with van der Waals surface area (Å²) in [6, 6.07) is 19.5. The maximum Gasteiger partial charge on any atom is 0.257 e. The number of pyridine rings is 1. The number of aryl methyl sites for hydroxylation is 2. The van der Waals surface area contributed by atoms with E-state index in [0.717, 1.165) is 27.8 Å². The molecule has 0 radical (unpaired) electrons. The number of hydrogen-bond donors (Lipinski definition) is 1. The molecule has 0 fully saturated rings. The average Bonchev–Trinajstić information content (AvgIpc) is 3.00. The molecular weight excluding hydrogens is 324 g/mol. The van der Waals surface area contributed by atoms with Crippen LogP contribution in [0.4, 0.5) is 5.69 Å². The minimum atomic E-state index is -0.187. The molecule has 0 bridgehead atoms. The zero-order valence-electron chi connectivity index (χ0n) is 14.6. The van der Waals surface area contributed by atoms with E-state index in [1.165, 1.54) is 0 Å². The molecule has 0 aliphatic carbocycles. The van der Waals surface area contributed by atoms with Gasteiger partial charge in [-0.25, -0.2) is 9.67 Å². The highest BCUT2D eigenvalue weighted by atomic mass is 16.1. The lowest BCUT2D eigenvalue weighted by Gasteiger charge is -2.08. The van der Waals surface area contributed by atoms with Crippen molar-refractivity contribution in [3.63, 3.8) is 0 Å². The molecule has 1 amide bonds. The second kappa shape index (κ2) is 6.44. The van der Waals surface area contributed by atoms with Crippen molar-refractivity contribution in [2.45, 2.75) is 13.8 Å². The van der Waals surface area contributed by atoms with Gasteiger partial charge in [0, 0.05) is 17.6 Å². The highest BCUT2D eigenvalue weighted by Gasteiger charge is 2.09. The molecule has 0 atom stereocenters. The van der Waals surface area contributed by atoms with E-state index in [2.05, 4.69) is 15.4 Å². The zero-order valence-corrected chi connectivity index (χ0v) is 14.6. The van der Waals surface area contributed by atoms with E-state index >= 15 is 0 Å². The monoisotopic (exact) mass is 342 g/mol. The Hall–Kier alpha value is -3.47. The van der Waals surface area contributed by atoms with Crippen LogP contribution in [0, 0.1) is 13.8 Å². The largest absolute Gasteiger partial charge is 0.322 e. The normalized spacial score (nSPS) is 10.8. The minimum absolute atomic E-state index is 0.187. The van der Waals surface area contributed by atoms with Gasteiger partial charge in [0.1, 0.15) is 0 Å². The van der Waals surface area contributed by atoms with Gasteiger partial charge in [-0.15, -0.1) is 0 Å². The van der Waals surface area contributed by atoms with Gasteiger partial charge in [-0.05, 0) is 55.0 Å². The number of nitrogens with zero attached hydrogens (tertiary/aromatic N) is 3. The Morgan fingerprint density at radius 3 is 2.46 bits per heavy atom. The lowest BCUT2D eigenvalue weighted by molar-refractivity contribution is 0.102. The summed E-state index contributed by atoms with van der Waals surface area (Å²) >= 11 is 0. The lowest BCUT2D eigenvalue weighted by atomic mass is 10.1. The van der Waals surface area contributed by atoms with E-state index in [0.29, 0.717) is 11.4 Å². The summed E-state index contributed by atoms with van der Waals surface area (Å²) in [5, 5.41) is 9.56. The van der Waals surface area contributed by atoms with Gasteiger partial charge in [-0.2, -0.15) is 5.10 Å². The van der Waals surface area contributed by atoms with Crippen molar-refractivity contribution in [2.24, 2.45) is 0 Å². The molecule has 0 aliphatic heterocycles. The molecule has 0 unspecified atom stereocenters. The number of amides is 1. The van der Waals surface area contributed by atoms with Crippen LogP contribution in [0.3, 0.4) is 0 Å². The molecule has 5 heteroatoms. The number of aromatic nitrogens is 3. The number of hydrogen-bond acceptors (Lipinski definition) is 3. The number of benzene rings is 2. The number of fused-ring (bicyclic) bond motifs is 1. The summed E-state index contributed by atoms with van der Waals surface area (Å²) in [4.78, 5) is 16.9. The Labute approximate surface area is 151 Å². The van der Waals surface area contributed by atoms with E-state index < -0.39 is 0 Å². The number of anilines is 1. The van der Waals surface area contributed by atoms with Crippen molar-refractivity contribution in [3.8, 4) is 5.82 Å². The van der Waals surface area contributed by atoms with Crippen LogP contribution in [-0.2, 0) is 0 Å². The standard InChI is InChI=1S/C21H18N4O/c1-14-11-15(2)25(24-14)20-10-8-18(13-22-20)21(26)23-19-9-7-16-5-3-4-6-17(16)12-19/h3-13H,1-2H3,(H,23,26). The number of nitrogens with one attached hydrogen (secondary N) is 1. The molecule has 0 saturated carbocycles. The summed E-state index contributed by atoms with van der Waals surface area (Å²) in [6.07, 6.45) is 1.57. The van der Waals surface area contributed by atoms with Gasteiger partial charge in [-0.3, -0.25) is 4.79 Å². The Bertz CT molecular complexity index is 1100. The summed E-state index contributed by atoms with van der Waals surface area (Å²) < 4.78 is 1.76. The van der Waals surface area contributed by atoms with E-state index in [9.17, 15) is 4.79 Å². The number of carbonyl (C=O) groups is 1. The Morgan fingerprint density at radius 1 is 0.962 bits per heavy atom. The fourth-order valence-corrected chi connectivity index (χ4v) is 2.98. The van der Waals surface area contributed by atoms with Crippen LogP contribution in [0.15, 0.2) is 66.9 Å². The molecule has 5 nitrogen and oxygen atoms in total. The zero-order chi connectivity index (χ0) is 18.1. The van der Waals surface area contributed by atoms with Crippen LogP contribution < -0.4 is 5.32 Å². The van der Waals surface area contributed by atoms with Gasteiger partial charge in [0.2, 0.25) is 0 Å². The third-order valence-electron chi connectivity index (χ3n) is 4.24. The Balaban J connectivity index is 1.55. The van der Waals surface area contributed by atoms with Crippen LogP contribution in [0.25, 0.3) is 16.6 Å². The maximum absolute atomic E-state index is 12.5. The quantitative estimate of drug-likeness (QED) is 0.604. The third-order valence-corrected chi connectivity index (χ3v) is 4.24. The van der Waals surface area contributed by atoms with Gasteiger partial charge in [-0.1, -0.05) is 30.3 Å². The lowest BCUT2D eigenvalue weighted by Crippen LogP contribution is -2.13. The number of rotatable bonds is 3. The first kappa shape index (κ1) is 16.0. The molecule has 4 aromatic rings. The molecule has 26 heavy (non-hydrogen) atoms. The highest BCUT2D eigenvalue weighted by Crippen LogP contribution is 2.19. The van der Waals surface area contributed by atoms with Crippen molar-refractivity contribution in [2.75, 3.05) is 5.32 Å².